The lowest BCUT2D eigenvalue weighted by atomic mass is 10.2. The van der Waals surface area contributed by atoms with Crippen molar-refractivity contribution >= 4 is 26.0 Å². The van der Waals surface area contributed by atoms with Gasteiger partial charge in [0.25, 0.3) is 0 Å². The molecule has 0 spiro atoms. The average molecular weight is 622 g/mol. The molecule has 3 aliphatic heterocycles. The first-order chi connectivity index (χ1) is 18.7. The van der Waals surface area contributed by atoms with Crippen LogP contribution in [0.5, 0.6) is 11.8 Å². The van der Waals surface area contributed by atoms with Crippen LogP contribution in [-0.4, -0.2) is 65.7 Å². The Kier molecular flexibility index (Phi) is 8.04. The van der Waals surface area contributed by atoms with Crippen LogP contribution in [0.2, 0.25) is 0 Å². The first-order valence-electron chi connectivity index (χ1n) is 11.9. The van der Waals surface area contributed by atoms with Gasteiger partial charge in [0, 0.05) is 31.0 Å². The standard InChI is InChI=1S/C20H26N4O13P2S/c1-9-5-23(19(27)21-17(9)25)15-3-11-13(34-15)7-33-38(29,30)36-12-4-16(24-6-10(2)18(26)22-20(24)28)35-14(12)8-40-39(31,32)37-11/h5-6,11-16H,3-4,7-8H2,1-2H3,(H,29,30)(H,31,32)(H,21,25,27)(H,22,26,28)/p-2/t11-,12-,13+,14+,15+,16+/m0/s1. The lowest BCUT2D eigenvalue weighted by Crippen LogP contribution is -2.31. The van der Waals surface area contributed by atoms with Crippen molar-refractivity contribution in [3.05, 3.63) is 44.5 Å². The third kappa shape index (κ3) is 6.21. The maximum absolute atomic E-state index is 13.0. The third-order valence-corrected chi connectivity index (χ3v) is 10.5. The van der Waals surface area contributed by atoms with E-state index >= 15 is 0 Å². The van der Waals surface area contributed by atoms with Gasteiger partial charge in [0.2, 0.25) is 0 Å². The largest absolute Gasteiger partial charge is 0.858 e. The molecule has 2 N–H and O–H groups in total. The Hall–Kier alpha value is -2.11. The molecule has 40 heavy (non-hydrogen) atoms. The predicted molar refractivity (Wildman–Crippen MR) is 130 cm³/mol. The first kappa shape index (κ1) is 29.4. The summed E-state index contributed by atoms with van der Waals surface area (Å²) < 4.78 is 55.4. The predicted octanol–water partition coefficient (Wildman–Crippen LogP) is -0.426. The van der Waals surface area contributed by atoms with Crippen LogP contribution >= 0.6 is 26.0 Å². The molecule has 8 atom stereocenters. The fourth-order valence-electron chi connectivity index (χ4n) is 4.52. The Labute approximate surface area is 229 Å². The summed E-state index contributed by atoms with van der Waals surface area (Å²) in [4.78, 5) is 52.4. The fraction of sp³-hybridized carbons (Fsp3) is 0.600. The molecule has 3 aliphatic rings. The number of aryl methyl sites for hydroxylation is 2. The summed E-state index contributed by atoms with van der Waals surface area (Å²) in [6.45, 7) is -2.15. The van der Waals surface area contributed by atoms with Gasteiger partial charge in [-0.3, -0.25) is 22.7 Å². The Morgan fingerprint density at radius 1 is 0.875 bits per heavy atom. The highest BCUT2D eigenvalue weighted by Gasteiger charge is 2.47. The molecule has 5 heterocycles. The number of hydrogen-bond donors (Lipinski definition) is 2. The smallest absolute Gasteiger partial charge is 0.472 e. The van der Waals surface area contributed by atoms with Crippen molar-refractivity contribution in [3.63, 3.8) is 0 Å². The van der Waals surface area contributed by atoms with Crippen LogP contribution in [0, 0.1) is 13.8 Å². The second-order valence-electron chi connectivity index (χ2n) is 9.38. The minimum absolute atomic E-state index is 0.148. The molecular weight excluding hydrogens is 598 g/mol. The zero-order chi connectivity index (χ0) is 29.0. The molecule has 2 aromatic heterocycles. The summed E-state index contributed by atoms with van der Waals surface area (Å²) >= 11 is 0.471. The van der Waals surface area contributed by atoms with Crippen LogP contribution in [0.4, 0.5) is 0 Å². The highest BCUT2D eigenvalue weighted by atomic mass is 32.7. The summed E-state index contributed by atoms with van der Waals surface area (Å²) in [6.07, 6.45) is -4.55. The molecule has 2 unspecified atom stereocenters. The monoisotopic (exact) mass is 622 g/mol. The molecule has 2 aromatic rings. The van der Waals surface area contributed by atoms with E-state index in [-0.39, 0.29) is 29.7 Å². The van der Waals surface area contributed by atoms with Gasteiger partial charge >= 0.3 is 26.0 Å². The van der Waals surface area contributed by atoms with Crippen molar-refractivity contribution in [2.75, 3.05) is 12.4 Å². The van der Waals surface area contributed by atoms with Gasteiger partial charge in [-0.1, -0.05) is 0 Å². The van der Waals surface area contributed by atoms with Crippen molar-refractivity contribution in [1.82, 2.24) is 19.1 Å². The maximum Gasteiger partial charge on any atom is 0.472 e. The molecule has 17 nitrogen and oxygen atoms in total. The van der Waals surface area contributed by atoms with Gasteiger partial charge in [0.15, 0.2) is 0 Å². The summed E-state index contributed by atoms with van der Waals surface area (Å²) in [6, 6.07) is 0. The summed E-state index contributed by atoms with van der Waals surface area (Å²) in [5, 5.41) is 23.4. The van der Waals surface area contributed by atoms with Crippen LogP contribution in [0.3, 0.4) is 0 Å². The molecule has 5 rings (SSSR count). The number of fused-ring (bicyclic) bond motifs is 2. The molecular formula is C20H24N4O13P2S-2. The van der Waals surface area contributed by atoms with Crippen LogP contribution in [0.25, 0.3) is 0 Å². The van der Waals surface area contributed by atoms with Gasteiger partial charge in [-0.05, 0) is 48.1 Å². The van der Waals surface area contributed by atoms with E-state index in [0.717, 1.165) is 9.13 Å². The van der Waals surface area contributed by atoms with E-state index in [1.165, 1.54) is 26.2 Å². The minimum Gasteiger partial charge on any atom is -0.858 e. The minimum atomic E-state index is -4.78. The maximum atomic E-state index is 13.0. The molecule has 3 fully saturated rings. The number of rotatable bonds is 2. The Morgan fingerprint density at radius 2 is 1.38 bits per heavy atom. The molecule has 220 valence electrons. The van der Waals surface area contributed by atoms with Crippen molar-refractivity contribution in [2.24, 2.45) is 0 Å². The second-order valence-corrected chi connectivity index (χ2v) is 14.7. The van der Waals surface area contributed by atoms with E-state index in [2.05, 4.69) is 9.97 Å². The molecule has 20 heteroatoms. The van der Waals surface area contributed by atoms with E-state index in [0.29, 0.717) is 11.4 Å². The number of phosphoric ester groups is 1. The Morgan fingerprint density at radius 3 is 1.93 bits per heavy atom. The SMILES string of the molecule is Cc1cn([C@H]2C[C@@H]3OP(=O)(O)OC[C@H]4O[C@@H](n5cc(C)c([O-])nc5=O)C[C@@H]4OP(=O)(O)SC[C@H]3O2)c(=O)nc1[O-]. The van der Waals surface area contributed by atoms with Gasteiger partial charge in [-0.2, -0.15) is 0 Å². The van der Waals surface area contributed by atoms with Gasteiger partial charge in [-0.15, -0.1) is 0 Å². The molecule has 0 radical (unpaired) electrons. The van der Waals surface area contributed by atoms with Gasteiger partial charge < -0.3 is 29.5 Å². The molecule has 0 saturated carbocycles. The van der Waals surface area contributed by atoms with Crippen molar-refractivity contribution in [3.8, 4) is 11.8 Å². The Bertz CT molecular complexity index is 1410. The highest BCUT2D eigenvalue weighted by Crippen LogP contribution is 2.60. The first-order valence-corrected chi connectivity index (χ1v) is 16.5. The topological polar surface area (TPSA) is 237 Å². The number of phosphoric acid groups is 1. The van der Waals surface area contributed by atoms with Crippen molar-refractivity contribution < 1.29 is 52.2 Å². The third-order valence-electron chi connectivity index (χ3n) is 6.50. The lowest BCUT2D eigenvalue weighted by molar-refractivity contribution is -0.277. The number of nitrogens with zero attached hydrogens (tertiary/aromatic N) is 4. The van der Waals surface area contributed by atoms with E-state index in [4.69, 9.17) is 23.0 Å². The molecule has 0 aliphatic carbocycles. The summed E-state index contributed by atoms with van der Waals surface area (Å²) in [7, 11) is -4.78. The van der Waals surface area contributed by atoms with Crippen LogP contribution in [0.1, 0.15) is 36.4 Å². The number of ether oxygens (including phenoxy) is 2. The molecule has 0 amide bonds. The Balaban J connectivity index is 1.38. The van der Waals surface area contributed by atoms with E-state index < -0.39 is 81.2 Å². The zero-order valence-corrected chi connectivity index (χ0v) is 23.5. The van der Waals surface area contributed by atoms with Crippen LogP contribution in [0.15, 0.2) is 22.0 Å². The number of aromatic nitrogens is 4. The number of hydrogen-bond acceptors (Lipinski definition) is 14. The van der Waals surface area contributed by atoms with Gasteiger partial charge in [0.05, 0.1) is 12.7 Å². The molecule has 0 aromatic carbocycles. The van der Waals surface area contributed by atoms with Gasteiger partial charge in [0.1, 0.15) is 30.8 Å². The van der Waals surface area contributed by atoms with Crippen LogP contribution < -0.4 is 21.6 Å². The van der Waals surface area contributed by atoms with Gasteiger partial charge in [-0.25, -0.2) is 28.7 Å². The van der Waals surface area contributed by atoms with Crippen LogP contribution in [-0.2, 0) is 32.2 Å². The normalized spacial score (nSPS) is 36.8. The average Bonchev–Trinajstić information content (AvgIpc) is 3.43. The quantitative estimate of drug-likeness (QED) is 0.404. The fourth-order valence-corrected chi connectivity index (χ4v) is 8.25. The molecule has 3 saturated heterocycles. The van der Waals surface area contributed by atoms with Crippen molar-refractivity contribution in [2.45, 2.75) is 63.6 Å². The van der Waals surface area contributed by atoms with E-state index in [9.17, 15) is 38.7 Å². The molecule has 0 bridgehead atoms. The van der Waals surface area contributed by atoms with Crippen molar-refractivity contribution in [1.29, 1.82) is 0 Å². The second kappa shape index (κ2) is 10.9. The summed E-state index contributed by atoms with van der Waals surface area (Å²) in [5.41, 5.74) is -1.50. The zero-order valence-electron chi connectivity index (χ0n) is 20.9. The summed E-state index contributed by atoms with van der Waals surface area (Å²) in [5.74, 6) is -1.68. The van der Waals surface area contributed by atoms with E-state index in [1.54, 1.807) is 0 Å². The highest BCUT2D eigenvalue weighted by molar-refractivity contribution is 8.54. The van der Waals surface area contributed by atoms with E-state index in [1.807, 2.05) is 0 Å². The lowest BCUT2D eigenvalue weighted by Gasteiger charge is -2.26.